The van der Waals surface area contributed by atoms with E-state index in [-0.39, 0.29) is 11.3 Å². The third-order valence-electron chi connectivity index (χ3n) is 6.39. The second-order valence-electron chi connectivity index (χ2n) is 9.07. The first-order valence-corrected chi connectivity index (χ1v) is 13.3. The highest BCUT2D eigenvalue weighted by Gasteiger charge is 2.48. The third-order valence-corrected chi connectivity index (χ3v) is 7.41. The highest BCUT2D eigenvalue weighted by atomic mass is 32.1. The average molecular weight is 529 g/mol. The van der Waals surface area contributed by atoms with Gasteiger partial charge in [-0.2, -0.15) is 0 Å². The summed E-state index contributed by atoms with van der Waals surface area (Å²) in [6, 6.07) is 17.4. The van der Waals surface area contributed by atoms with Crippen molar-refractivity contribution in [2.45, 2.75) is 33.7 Å². The number of fused-ring (bicyclic) bond motifs is 1. The number of thiazole rings is 1. The summed E-state index contributed by atoms with van der Waals surface area (Å²) in [5.41, 5.74) is 3.86. The minimum absolute atomic E-state index is 0.000832. The van der Waals surface area contributed by atoms with E-state index in [1.807, 2.05) is 58.0 Å². The number of ketones is 1. The van der Waals surface area contributed by atoms with E-state index in [4.69, 9.17) is 14.5 Å². The Hall–Kier alpha value is -4.17. The molecule has 1 fully saturated rings. The third kappa shape index (κ3) is 4.52. The summed E-state index contributed by atoms with van der Waals surface area (Å²) < 4.78 is 12.5. The van der Waals surface area contributed by atoms with Gasteiger partial charge >= 0.3 is 5.91 Å². The van der Waals surface area contributed by atoms with Crippen LogP contribution in [-0.2, 0) is 9.59 Å². The standard InChI is InChI=1S/C30H28N2O5S/c1-5-36-22-14-12-20(16-23(22)37-6-2)26-25(27(33)19-10-7-17(3)8-11-19)28(34)29(35)32(26)30-31-21-13-9-18(4)15-24(21)38-30/h7-16,26,33H,5-6H2,1-4H3. The molecule has 1 saturated heterocycles. The number of aliphatic hydroxyl groups is 1. The highest BCUT2D eigenvalue weighted by molar-refractivity contribution is 7.22. The van der Waals surface area contributed by atoms with Gasteiger partial charge in [0.25, 0.3) is 5.78 Å². The number of rotatable bonds is 7. The molecule has 0 saturated carbocycles. The molecule has 3 aromatic carbocycles. The fourth-order valence-corrected chi connectivity index (χ4v) is 5.66. The molecule has 1 unspecified atom stereocenters. The molecule has 1 aliphatic rings. The normalized spacial score (nSPS) is 16.8. The van der Waals surface area contributed by atoms with Crippen LogP contribution in [0.3, 0.4) is 0 Å². The van der Waals surface area contributed by atoms with Crippen LogP contribution in [-0.4, -0.2) is 35.0 Å². The number of benzene rings is 3. The van der Waals surface area contributed by atoms with Crippen molar-refractivity contribution in [3.63, 3.8) is 0 Å². The molecule has 5 rings (SSSR count). The van der Waals surface area contributed by atoms with Gasteiger partial charge in [-0.05, 0) is 63.1 Å². The Morgan fingerprint density at radius 2 is 1.61 bits per heavy atom. The fraction of sp³-hybridized carbons (Fsp3) is 0.233. The molecule has 7 nitrogen and oxygen atoms in total. The molecule has 0 spiro atoms. The van der Waals surface area contributed by atoms with E-state index in [1.165, 1.54) is 16.2 Å². The SMILES string of the molecule is CCOc1ccc(C2C(=C(O)c3ccc(C)cc3)C(=O)C(=O)N2c2nc3ccc(C)cc3s2)cc1OCC. The number of nitrogens with zero attached hydrogens (tertiary/aromatic N) is 2. The van der Waals surface area contributed by atoms with E-state index < -0.39 is 17.7 Å². The van der Waals surface area contributed by atoms with Crippen LogP contribution in [0.1, 0.15) is 42.1 Å². The van der Waals surface area contributed by atoms with E-state index in [9.17, 15) is 14.7 Å². The first-order chi connectivity index (χ1) is 18.3. The zero-order chi connectivity index (χ0) is 27.0. The largest absolute Gasteiger partial charge is 0.507 e. The zero-order valence-corrected chi connectivity index (χ0v) is 22.5. The Morgan fingerprint density at radius 1 is 0.921 bits per heavy atom. The summed E-state index contributed by atoms with van der Waals surface area (Å²) >= 11 is 1.33. The van der Waals surface area contributed by atoms with E-state index >= 15 is 0 Å². The maximum Gasteiger partial charge on any atom is 0.301 e. The van der Waals surface area contributed by atoms with Crippen LogP contribution in [0.15, 0.2) is 66.2 Å². The van der Waals surface area contributed by atoms with Gasteiger partial charge in [0.1, 0.15) is 5.76 Å². The molecule has 4 aromatic rings. The van der Waals surface area contributed by atoms with Gasteiger partial charge in [-0.25, -0.2) is 4.98 Å². The number of Topliss-reactive ketones (excluding diaryl/α,β-unsaturated/α-hetero) is 1. The molecule has 0 radical (unpaired) electrons. The molecule has 8 heteroatoms. The summed E-state index contributed by atoms with van der Waals surface area (Å²) in [5, 5.41) is 11.8. The summed E-state index contributed by atoms with van der Waals surface area (Å²) in [7, 11) is 0. The summed E-state index contributed by atoms with van der Waals surface area (Å²) in [6.45, 7) is 8.54. The Morgan fingerprint density at radius 3 is 2.32 bits per heavy atom. The maximum atomic E-state index is 13.6. The lowest BCUT2D eigenvalue weighted by atomic mass is 9.95. The van der Waals surface area contributed by atoms with Crippen molar-refractivity contribution in [1.82, 2.24) is 4.98 Å². The van der Waals surface area contributed by atoms with Crippen LogP contribution in [0.2, 0.25) is 0 Å². The number of carbonyl (C=O) groups is 2. The lowest BCUT2D eigenvalue weighted by Gasteiger charge is -2.24. The molecular weight excluding hydrogens is 500 g/mol. The van der Waals surface area contributed by atoms with Gasteiger partial charge in [0.2, 0.25) is 0 Å². The van der Waals surface area contributed by atoms with Gasteiger partial charge in [-0.3, -0.25) is 14.5 Å². The van der Waals surface area contributed by atoms with Crippen molar-refractivity contribution >= 4 is 44.1 Å². The number of aromatic nitrogens is 1. The van der Waals surface area contributed by atoms with Crippen LogP contribution in [0, 0.1) is 13.8 Å². The van der Waals surface area contributed by atoms with Crippen LogP contribution in [0.25, 0.3) is 16.0 Å². The summed E-state index contributed by atoms with van der Waals surface area (Å²) in [4.78, 5) is 33.1. The molecule has 1 aliphatic heterocycles. The number of hydrogen-bond acceptors (Lipinski definition) is 7. The Labute approximate surface area is 225 Å². The minimum atomic E-state index is -0.909. The van der Waals surface area contributed by atoms with Crippen molar-refractivity contribution in [3.05, 3.63) is 88.5 Å². The topological polar surface area (TPSA) is 89.0 Å². The molecular formula is C30H28N2O5S. The number of ether oxygens (including phenoxy) is 2. The predicted octanol–water partition coefficient (Wildman–Crippen LogP) is 6.34. The monoisotopic (exact) mass is 528 g/mol. The van der Waals surface area contributed by atoms with Gasteiger partial charge in [0, 0.05) is 5.56 Å². The van der Waals surface area contributed by atoms with Crippen LogP contribution >= 0.6 is 11.3 Å². The second kappa shape index (κ2) is 10.3. The Kier molecular flexibility index (Phi) is 6.91. The van der Waals surface area contributed by atoms with Crippen molar-refractivity contribution in [1.29, 1.82) is 0 Å². The van der Waals surface area contributed by atoms with Gasteiger partial charge in [0.15, 0.2) is 16.6 Å². The van der Waals surface area contributed by atoms with Crippen molar-refractivity contribution in [2.75, 3.05) is 18.1 Å². The first kappa shape index (κ1) is 25.5. The number of aliphatic hydroxyl groups excluding tert-OH is 1. The van der Waals surface area contributed by atoms with Crippen molar-refractivity contribution in [3.8, 4) is 11.5 Å². The van der Waals surface area contributed by atoms with E-state index in [0.29, 0.717) is 41.0 Å². The van der Waals surface area contributed by atoms with Crippen molar-refractivity contribution in [2.24, 2.45) is 0 Å². The number of carbonyl (C=O) groups excluding carboxylic acids is 2. The lowest BCUT2D eigenvalue weighted by molar-refractivity contribution is -0.132. The molecule has 2 heterocycles. The average Bonchev–Trinajstić information content (AvgIpc) is 3.43. The number of hydrogen-bond donors (Lipinski definition) is 1. The molecule has 38 heavy (non-hydrogen) atoms. The fourth-order valence-electron chi connectivity index (χ4n) is 4.57. The Balaban J connectivity index is 1.73. The number of anilines is 1. The van der Waals surface area contributed by atoms with Gasteiger partial charge < -0.3 is 14.6 Å². The molecule has 0 aliphatic carbocycles. The number of amides is 1. The van der Waals surface area contributed by atoms with E-state index in [0.717, 1.165) is 21.3 Å². The number of aryl methyl sites for hydroxylation is 2. The van der Waals surface area contributed by atoms with Gasteiger partial charge in [-0.1, -0.05) is 53.3 Å². The van der Waals surface area contributed by atoms with E-state index in [1.54, 1.807) is 30.3 Å². The Bertz CT molecular complexity index is 1570. The smallest absolute Gasteiger partial charge is 0.301 e. The minimum Gasteiger partial charge on any atom is -0.507 e. The van der Waals surface area contributed by atoms with Crippen molar-refractivity contribution < 1.29 is 24.2 Å². The lowest BCUT2D eigenvalue weighted by Crippen LogP contribution is -2.29. The molecule has 1 amide bonds. The first-order valence-electron chi connectivity index (χ1n) is 12.5. The highest BCUT2D eigenvalue weighted by Crippen LogP contribution is 2.46. The summed E-state index contributed by atoms with van der Waals surface area (Å²) in [6.07, 6.45) is 0. The molecule has 1 atom stereocenters. The molecule has 1 aromatic heterocycles. The second-order valence-corrected chi connectivity index (χ2v) is 10.1. The van der Waals surface area contributed by atoms with E-state index in [2.05, 4.69) is 0 Å². The van der Waals surface area contributed by atoms with Crippen LogP contribution in [0.4, 0.5) is 5.13 Å². The molecule has 194 valence electrons. The quantitative estimate of drug-likeness (QED) is 0.171. The maximum absolute atomic E-state index is 13.6. The predicted molar refractivity (Wildman–Crippen MR) is 149 cm³/mol. The summed E-state index contributed by atoms with van der Waals surface area (Å²) in [5.74, 6) is -0.696. The molecule has 0 bridgehead atoms. The molecule has 1 N–H and O–H groups in total. The van der Waals surface area contributed by atoms with Crippen LogP contribution < -0.4 is 14.4 Å². The van der Waals surface area contributed by atoms with Crippen LogP contribution in [0.5, 0.6) is 11.5 Å². The van der Waals surface area contributed by atoms with Gasteiger partial charge in [0.05, 0.1) is 35.0 Å². The van der Waals surface area contributed by atoms with Gasteiger partial charge in [-0.15, -0.1) is 0 Å². The zero-order valence-electron chi connectivity index (χ0n) is 21.6.